The smallest absolute Gasteiger partial charge is 0.147 e. The molecule has 3 heteroatoms. The summed E-state index contributed by atoms with van der Waals surface area (Å²) in [6.07, 6.45) is 3.69. The van der Waals surface area contributed by atoms with E-state index >= 15 is 0 Å². The lowest BCUT2D eigenvalue weighted by Crippen LogP contribution is -2.09. The van der Waals surface area contributed by atoms with Gasteiger partial charge in [-0.15, -0.1) is 0 Å². The van der Waals surface area contributed by atoms with Gasteiger partial charge in [-0.3, -0.25) is 4.57 Å². The van der Waals surface area contributed by atoms with E-state index in [1.54, 1.807) is 18.3 Å². The molecule has 4 rings (SSSR count). The van der Waals surface area contributed by atoms with Crippen molar-refractivity contribution in [2.24, 2.45) is 0 Å². The molecule has 1 heterocycles. The van der Waals surface area contributed by atoms with Crippen molar-refractivity contribution in [2.75, 3.05) is 0 Å². The SMILES string of the molecule is CC(C)c1cc(-c2ccccc2)cc(C(C)C)c1-n1ccnc1-c1ccccc1F. The first-order valence-electron chi connectivity index (χ1n) is 10.5. The molecule has 0 spiro atoms. The van der Waals surface area contributed by atoms with Crippen LogP contribution in [0.2, 0.25) is 0 Å². The summed E-state index contributed by atoms with van der Waals surface area (Å²) >= 11 is 0. The van der Waals surface area contributed by atoms with E-state index in [4.69, 9.17) is 0 Å². The Labute approximate surface area is 178 Å². The van der Waals surface area contributed by atoms with Crippen molar-refractivity contribution in [3.05, 3.63) is 96.1 Å². The summed E-state index contributed by atoms with van der Waals surface area (Å²) in [7, 11) is 0. The number of aromatic nitrogens is 2. The Kier molecular flexibility index (Phi) is 5.54. The lowest BCUT2D eigenvalue weighted by atomic mass is 9.88. The Bertz CT molecular complexity index is 1130. The second kappa shape index (κ2) is 8.27. The van der Waals surface area contributed by atoms with Crippen LogP contribution in [0.4, 0.5) is 4.39 Å². The van der Waals surface area contributed by atoms with Crippen LogP contribution in [0.5, 0.6) is 0 Å². The van der Waals surface area contributed by atoms with Crippen LogP contribution in [0.3, 0.4) is 0 Å². The number of halogens is 1. The maximum atomic E-state index is 14.6. The van der Waals surface area contributed by atoms with Gasteiger partial charge in [-0.1, -0.05) is 70.2 Å². The van der Waals surface area contributed by atoms with Crippen LogP contribution in [-0.2, 0) is 0 Å². The summed E-state index contributed by atoms with van der Waals surface area (Å²) in [6.45, 7) is 8.82. The highest BCUT2D eigenvalue weighted by Gasteiger charge is 2.21. The van der Waals surface area contributed by atoms with Gasteiger partial charge in [0.25, 0.3) is 0 Å². The standard InChI is InChI=1S/C27H27FN2/c1-18(2)23-16-21(20-10-6-5-7-11-20)17-24(19(3)4)26(23)30-15-14-29-27(30)22-12-8-9-13-25(22)28/h5-19H,1-4H3. The van der Waals surface area contributed by atoms with Crippen molar-refractivity contribution in [2.45, 2.75) is 39.5 Å². The average molecular weight is 399 g/mol. The average Bonchev–Trinajstić information content (AvgIpc) is 3.22. The minimum atomic E-state index is -0.261. The van der Waals surface area contributed by atoms with Crippen LogP contribution >= 0.6 is 0 Å². The molecule has 152 valence electrons. The Balaban J connectivity index is 2.00. The van der Waals surface area contributed by atoms with E-state index in [9.17, 15) is 4.39 Å². The fraction of sp³-hybridized carbons (Fsp3) is 0.222. The van der Waals surface area contributed by atoms with E-state index in [1.165, 1.54) is 28.3 Å². The normalized spacial score (nSPS) is 11.4. The van der Waals surface area contributed by atoms with Crippen molar-refractivity contribution < 1.29 is 4.39 Å². The molecule has 1 aromatic heterocycles. The first kappa shape index (κ1) is 20.1. The number of hydrogen-bond acceptors (Lipinski definition) is 1. The quantitative estimate of drug-likeness (QED) is 0.338. The molecule has 3 aromatic carbocycles. The number of benzene rings is 3. The molecule has 2 nitrogen and oxygen atoms in total. The van der Waals surface area contributed by atoms with E-state index in [2.05, 4.69) is 73.6 Å². The molecular formula is C27H27FN2. The Hall–Kier alpha value is -3.20. The molecule has 0 atom stereocenters. The molecule has 0 fully saturated rings. The molecule has 0 amide bonds. The highest BCUT2D eigenvalue weighted by atomic mass is 19.1. The van der Waals surface area contributed by atoms with E-state index < -0.39 is 0 Å². The lowest BCUT2D eigenvalue weighted by molar-refractivity contribution is 0.629. The molecule has 0 N–H and O–H groups in total. The van der Waals surface area contributed by atoms with Gasteiger partial charge in [-0.25, -0.2) is 9.37 Å². The molecule has 0 unspecified atom stereocenters. The van der Waals surface area contributed by atoms with Gasteiger partial charge in [0.2, 0.25) is 0 Å². The fourth-order valence-corrected chi connectivity index (χ4v) is 3.96. The summed E-state index contributed by atoms with van der Waals surface area (Å²) in [5.41, 5.74) is 6.49. The van der Waals surface area contributed by atoms with Gasteiger partial charge in [-0.05, 0) is 58.4 Å². The Morgan fingerprint density at radius 3 is 1.97 bits per heavy atom. The van der Waals surface area contributed by atoms with Crippen molar-refractivity contribution in [1.82, 2.24) is 9.55 Å². The summed E-state index contributed by atoms with van der Waals surface area (Å²) in [5, 5.41) is 0. The molecule has 0 aliphatic heterocycles. The van der Waals surface area contributed by atoms with Crippen molar-refractivity contribution in [3.63, 3.8) is 0 Å². The molecule has 4 aromatic rings. The Morgan fingerprint density at radius 2 is 1.37 bits per heavy atom. The molecule has 0 radical (unpaired) electrons. The van der Waals surface area contributed by atoms with Gasteiger partial charge in [0.15, 0.2) is 0 Å². The monoisotopic (exact) mass is 398 g/mol. The van der Waals surface area contributed by atoms with Crippen LogP contribution in [0.1, 0.15) is 50.7 Å². The largest absolute Gasteiger partial charge is 0.299 e. The predicted molar refractivity (Wildman–Crippen MR) is 123 cm³/mol. The zero-order valence-corrected chi connectivity index (χ0v) is 17.9. The van der Waals surface area contributed by atoms with Crippen molar-refractivity contribution >= 4 is 0 Å². The summed E-state index contributed by atoms with van der Waals surface area (Å²) in [5.74, 6) is 0.974. The number of rotatable bonds is 5. The van der Waals surface area contributed by atoms with Crippen LogP contribution in [-0.4, -0.2) is 9.55 Å². The van der Waals surface area contributed by atoms with E-state index in [1.807, 2.05) is 18.3 Å². The molecule has 0 saturated heterocycles. The third-order valence-electron chi connectivity index (χ3n) is 5.52. The zero-order valence-electron chi connectivity index (χ0n) is 17.9. The molecule has 0 aliphatic carbocycles. The summed E-state index contributed by atoms with van der Waals surface area (Å²) in [6, 6.07) is 21.8. The highest BCUT2D eigenvalue weighted by Crippen LogP contribution is 2.38. The molecular weight excluding hydrogens is 371 g/mol. The zero-order chi connectivity index (χ0) is 21.3. The molecule has 30 heavy (non-hydrogen) atoms. The maximum absolute atomic E-state index is 14.6. The van der Waals surface area contributed by atoms with Gasteiger partial charge in [0.1, 0.15) is 11.6 Å². The van der Waals surface area contributed by atoms with Crippen LogP contribution in [0.25, 0.3) is 28.2 Å². The maximum Gasteiger partial charge on any atom is 0.147 e. The highest BCUT2D eigenvalue weighted by molar-refractivity contribution is 5.71. The first-order chi connectivity index (χ1) is 14.5. The van der Waals surface area contributed by atoms with Crippen LogP contribution in [0, 0.1) is 5.82 Å². The topological polar surface area (TPSA) is 17.8 Å². The van der Waals surface area contributed by atoms with Gasteiger partial charge < -0.3 is 0 Å². The fourth-order valence-electron chi connectivity index (χ4n) is 3.96. The van der Waals surface area contributed by atoms with Gasteiger partial charge in [-0.2, -0.15) is 0 Å². The minimum absolute atomic E-state index is 0.261. The van der Waals surface area contributed by atoms with Crippen LogP contribution in [0.15, 0.2) is 79.1 Å². The number of imidazole rings is 1. The third-order valence-corrected chi connectivity index (χ3v) is 5.52. The van der Waals surface area contributed by atoms with E-state index in [-0.39, 0.29) is 5.82 Å². The first-order valence-corrected chi connectivity index (χ1v) is 10.5. The summed E-state index contributed by atoms with van der Waals surface area (Å²) in [4.78, 5) is 4.53. The molecule has 0 saturated carbocycles. The molecule has 0 bridgehead atoms. The van der Waals surface area contributed by atoms with E-state index in [0.29, 0.717) is 23.2 Å². The lowest BCUT2D eigenvalue weighted by Gasteiger charge is -2.23. The Morgan fingerprint density at radius 1 is 0.767 bits per heavy atom. The second-order valence-corrected chi connectivity index (χ2v) is 8.28. The second-order valence-electron chi connectivity index (χ2n) is 8.28. The van der Waals surface area contributed by atoms with Gasteiger partial charge >= 0.3 is 0 Å². The summed E-state index contributed by atoms with van der Waals surface area (Å²) < 4.78 is 16.7. The van der Waals surface area contributed by atoms with E-state index in [0.717, 1.165) is 5.69 Å². The molecule has 0 aliphatic rings. The number of nitrogens with zero attached hydrogens (tertiary/aromatic N) is 2. The third kappa shape index (κ3) is 3.68. The number of hydrogen-bond donors (Lipinski definition) is 0. The van der Waals surface area contributed by atoms with Crippen molar-refractivity contribution in [3.8, 4) is 28.2 Å². The minimum Gasteiger partial charge on any atom is -0.299 e. The van der Waals surface area contributed by atoms with Crippen molar-refractivity contribution in [1.29, 1.82) is 0 Å². The van der Waals surface area contributed by atoms with Gasteiger partial charge in [0.05, 0.1) is 11.3 Å². The van der Waals surface area contributed by atoms with Crippen LogP contribution < -0.4 is 0 Å². The van der Waals surface area contributed by atoms with Gasteiger partial charge in [0, 0.05) is 12.4 Å². The predicted octanol–water partition coefficient (Wildman–Crippen LogP) is 7.59.